The third kappa shape index (κ3) is 7.07. The molecule has 0 saturated heterocycles. The molecule has 2 aromatic rings. The van der Waals surface area contributed by atoms with Gasteiger partial charge in [-0.15, -0.1) is 0 Å². The van der Waals surface area contributed by atoms with Gasteiger partial charge < -0.3 is 43.4 Å². The van der Waals surface area contributed by atoms with Crippen LogP contribution in [0.25, 0.3) is 0 Å². The number of nitrogens with two attached hydrogens (primary N) is 4. The predicted molar refractivity (Wildman–Crippen MR) is 120 cm³/mol. The summed E-state index contributed by atoms with van der Waals surface area (Å²) in [6.45, 7) is 0. The normalized spacial score (nSPS) is 15.5. The van der Waals surface area contributed by atoms with Crippen molar-refractivity contribution in [3.8, 4) is 0 Å². The molecule has 4 unspecified atom stereocenters. The highest BCUT2D eigenvalue weighted by molar-refractivity contribution is 5.56. The van der Waals surface area contributed by atoms with Crippen molar-refractivity contribution in [3.05, 3.63) is 47.5 Å². The fourth-order valence-corrected chi connectivity index (χ4v) is 3.45. The fraction of sp³-hybridized carbons (Fsp3) is 0.455. The third-order valence-electron chi connectivity index (χ3n) is 5.32. The van der Waals surface area contributed by atoms with E-state index < -0.39 is 24.4 Å². The van der Waals surface area contributed by atoms with Gasteiger partial charge in [0.25, 0.3) is 0 Å². The zero-order valence-electron chi connectivity index (χ0n) is 17.1. The van der Waals surface area contributed by atoms with E-state index in [-0.39, 0.29) is 0 Å². The van der Waals surface area contributed by atoms with Gasteiger partial charge in [0, 0.05) is 33.9 Å². The molecule has 0 spiro atoms. The maximum atomic E-state index is 10.3. The fourth-order valence-electron chi connectivity index (χ4n) is 3.45. The molecule has 2 rings (SSSR count). The van der Waals surface area contributed by atoms with Gasteiger partial charge in [-0.1, -0.05) is 0 Å². The quantitative estimate of drug-likeness (QED) is 0.254. The minimum atomic E-state index is -0.813. The first-order chi connectivity index (χ1) is 14.2. The Hall–Kier alpha value is -2.52. The zero-order chi connectivity index (χ0) is 22.3. The highest BCUT2D eigenvalue weighted by atomic mass is 16.3. The third-order valence-corrected chi connectivity index (χ3v) is 5.32. The van der Waals surface area contributed by atoms with Crippen LogP contribution in [0.15, 0.2) is 36.4 Å². The van der Waals surface area contributed by atoms with Crippen LogP contribution in [0.2, 0.25) is 0 Å². The number of hydrogen-bond acceptors (Lipinski definition) is 8. The van der Waals surface area contributed by atoms with E-state index in [0.717, 1.165) is 0 Å². The Kier molecular flexibility index (Phi) is 8.73. The summed E-state index contributed by atoms with van der Waals surface area (Å²) >= 11 is 0. The number of aliphatic hydroxyl groups excluding tert-OH is 4. The lowest BCUT2D eigenvalue weighted by Gasteiger charge is -2.19. The minimum absolute atomic E-state index is 0.332. The first kappa shape index (κ1) is 23.8. The minimum Gasteiger partial charge on any atom is -0.399 e. The molecule has 30 heavy (non-hydrogen) atoms. The van der Waals surface area contributed by atoms with Crippen LogP contribution in [0, 0.1) is 0 Å². The van der Waals surface area contributed by atoms with Crippen molar-refractivity contribution in [1.29, 1.82) is 0 Å². The van der Waals surface area contributed by atoms with Crippen LogP contribution in [-0.2, 0) is 0 Å². The van der Waals surface area contributed by atoms with E-state index in [9.17, 15) is 20.4 Å². The molecule has 8 nitrogen and oxygen atoms in total. The molecule has 0 fully saturated rings. The Labute approximate surface area is 177 Å². The summed E-state index contributed by atoms with van der Waals surface area (Å²) in [5.74, 6) is 0. The molecule has 0 radical (unpaired) electrons. The Morgan fingerprint density at radius 1 is 0.533 bits per heavy atom. The van der Waals surface area contributed by atoms with Crippen molar-refractivity contribution in [2.45, 2.75) is 62.9 Å². The van der Waals surface area contributed by atoms with E-state index in [4.69, 9.17) is 22.9 Å². The van der Waals surface area contributed by atoms with Gasteiger partial charge in [0.1, 0.15) is 0 Å². The first-order valence-corrected chi connectivity index (χ1v) is 10.2. The van der Waals surface area contributed by atoms with Gasteiger partial charge in [-0.25, -0.2) is 0 Å². The van der Waals surface area contributed by atoms with Crippen LogP contribution in [0.3, 0.4) is 0 Å². The van der Waals surface area contributed by atoms with E-state index in [2.05, 4.69) is 0 Å². The standard InChI is InChI=1S/C22H34N4O4/c23-13-1-7-19(25)17(11-13)21(29)9-5-15(27)3-4-16(28)6-10-22(30)18-12-14(24)2-8-20(18)26/h1-2,7-8,11-12,15-16,21-22,27-30H,3-6,9-10,23-26H2. The van der Waals surface area contributed by atoms with Gasteiger partial charge in [0.15, 0.2) is 0 Å². The Bertz CT molecular complexity index is 750. The van der Waals surface area contributed by atoms with Crippen LogP contribution < -0.4 is 22.9 Å². The Balaban J connectivity index is 1.71. The molecular formula is C22H34N4O4. The molecule has 0 bridgehead atoms. The average molecular weight is 419 g/mol. The number of aliphatic hydroxyl groups is 4. The highest BCUT2D eigenvalue weighted by Gasteiger charge is 2.17. The first-order valence-electron chi connectivity index (χ1n) is 10.2. The second kappa shape index (κ2) is 11.0. The van der Waals surface area contributed by atoms with Crippen LogP contribution in [0.1, 0.15) is 61.9 Å². The van der Waals surface area contributed by atoms with E-state index in [0.29, 0.717) is 72.4 Å². The van der Waals surface area contributed by atoms with Gasteiger partial charge in [-0.05, 0) is 74.9 Å². The van der Waals surface area contributed by atoms with E-state index in [1.807, 2.05) is 0 Å². The predicted octanol–water partition coefficient (Wildman–Crippen LogP) is 1.84. The van der Waals surface area contributed by atoms with Crippen LogP contribution in [0.5, 0.6) is 0 Å². The number of anilines is 4. The monoisotopic (exact) mass is 418 g/mol. The molecule has 12 N–H and O–H groups in total. The molecule has 0 amide bonds. The molecule has 0 aromatic heterocycles. The van der Waals surface area contributed by atoms with Crippen LogP contribution in [0.4, 0.5) is 22.7 Å². The smallest absolute Gasteiger partial charge is 0.0811 e. The van der Waals surface area contributed by atoms with E-state index >= 15 is 0 Å². The lowest BCUT2D eigenvalue weighted by molar-refractivity contribution is 0.0763. The van der Waals surface area contributed by atoms with Crippen molar-refractivity contribution < 1.29 is 20.4 Å². The topological polar surface area (TPSA) is 185 Å². The molecule has 166 valence electrons. The Morgan fingerprint density at radius 3 is 1.23 bits per heavy atom. The number of benzene rings is 2. The molecule has 0 aliphatic rings. The second-order valence-corrected chi connectivity index (χ2v) is 7.85. The maximum Gasteiger partial charge on any atom is 0.0811 e. The van der Waals surface area contributed by atoms with Crippen molar-refractivity contribution >= 4 is 22.7 Å². The average Bonchev–Trinajstić information content (AvgIpc) is 2.72. The van der Waals surface area contributed by atoms with Crippen molar-refractivity contribution in [2.24, 2.45) is 0 Å². The zero-order valence-corrected chi connectivity index (χ0v) is 17.1. The Morgan fingerprint density at radius 2 is 0.867 bits per heavy atom. The highest BCUT2D eigenvalue weighted by Crippen LogP contribution is 2.29. The van der Waals surface area contributed by atoms with Crippen LogP contribution >= 0.6 is 0 Å². The molecular weight excluding hydrogens is 384 g/mol. The number of rotatable bonds is 11. The molecule has 0 aliphatic carbocycles. The van der Waals surface area contributed by atoms with E-state index in [1.54, 1.807) is 36.4 Å². The summed E-state index contributed by atoms with van der Waals surface area (Å²) in [6.07, 6.45) is -0.782. The van der Waals surface area contributed by atoms with Crippen molar-refractivity contribution in [2.75, 3.05) is 22.9 Å². The number of hydrogen-bond donors (Lipinski definition) is 8. The summed E-state index contributed by atoms with van der Waals surface area (Å²) in [4.78, 5) is 0. The van der Waals surface area contributed by atoms with E-state index in [1.165, 1.54) is 0 Å². The largest absolute Gasteiger partial charge is 0.399 e. The van der Waals surface area contributed by atoms with Gasteiger partial charge in [-0.3, -0.25) is 0 Å². The second-order valence-electron chi connectivity index (χ2n) is 7.85. The van der Waals surface area contributed by atoms with Crippen molar-refractivity contribution in [1.82, 2.24) is 0 Å². The van der Waals surface area contributed by atoms with Gasteiger partial charge in [0.2, 0.25) is 0 Å². The lowest BCUT2D eigenvalue weighted by Crippen LogP contribution is -2.15. The summed E-state index contributed by atoms with van der Waals surface area (Å²) in [5.41, 5.74) is 26.3. The van der Waals surface area contributed by atoms with Crippen molar-refractivity contribution in [3.63, 3.8) is 0 Å². The van der Waals surface area contributed by atoms with Gasteiger partial charge >= 0.3 is 0 Å². The van der Waals surface area contributed by atoms with Gasteiger partial charge in [-0.2, -0.15) is 0 Å². The summed E-state index contributed by atoms with van der Waals surface area (Å²) < 4.78 is 0. The molecule has 0 saturated carbocycles. The molecule has 0 heterocycles. The number of nitrogen functional groups attached to an aromatic ring is 4. The van der Waals surface area contributed by atoms with Gasteiger partial charge in [0.05, 0.1) is 24.4 Å². The molecule has 0 aliphatic heterocycles. The SMILES string of the molecule is Nc1ccc(N)c(C(O)CCC(O)CCC(O)CCC(O)c2cc(N)ccc2N)c1. The summed E-state index contributed by atoms with van der Waals surface area (Å²) in [6, 6.07) is 9.89. The maximum absolute atomic E-state index is 10.3. The lowest BCUT2D eigenvalue weighted by atomic mass is 9.96. The summed E-state index contributed by atoms with van der Waals surface area (Å²) in [5, 5.41) is 41.0. The molecule has 4 atom stereocenters. The summed E-state index contributed by atoms with van der Waals surface area (Å²) in [7, 11) is 0. The van der Waals surface area contributed by atoms with Crippen LogP contribution in [-0.4, -0.2) is 32.6 Å². The molecule has 2 aromatic carbocycles. The molecule has 8 heteroatoms.